The Morgan fingerprint density at radius 1 is 1.25 bits per heavy atom. The van der Waals surface area contributed by atoms with Crippen LogP contribution >= 0.6 is 0 Å². The summed E-state index contributed by atoms with van der Waals surface area (Å²) in [5.41, 5.74) is 1.08. The first-order chi connectivity index (χ1) is 9.35. The maximum Gasteiger partial charge on any atom is 0.335 e. The summed E-state index contributed by atoms with van der Waals surface area (Å²) >= 11 is 0. The van der Waals surface area contributed by atoms with Crippen LogP contribution in [0.15, 0.2) is 24.3 Å². The summed E-state index contributed by atoms with van der Waals surface area (Å²) < 4.78 is 22.8. The number of aromatic carboxylic acids is 1. The summed E-state index contributed by atoms with van der Waals surface area (Å²) in [7, 11) is -1.11. The molecule has 0 saturated carbocycles. The van der Waals surface area contributed by atoms with Crippen LogP contribution < -0.4 is 0 Å². The first-order valence-electron chi connectivity index (χ1n) is 6.56. The summed E-state index contributed by atoms with van der Waals surface area (Å²) in [5, 5.41) is 9.08. The summed E-state index contributed by atoms with van der Waals surface area (Å²) in [4.78, 5) is 13.0. The number of nitrogens with zero attached hydrogens (tertiary/aromatic N) is 1. The van der Waals surface area contributed by atoms with Gasteiger partial charge in [0.15, 0.2) is 9.84 Å². The average Bonchev–Trinajstić information content (AvgIpc) is 2.43. The third-order valence-corrected chi connectivity index (χ3v) is 4.92. The van der Waals surface area contributed by atoms with Crippen molar-refractivity contribution in [2.24, 2.45) is 0 Å². The Bertz CT molecular complexity index is 554. The number of carboxylic acids is 1. The standard InChI is InChI=1S/C14H21NO4S/c1-3-20(18,19)11-10-15(2)9-8-12-6-4-5-7-13(12)14(16)17/h4-7H,3,8-11H2,1-2H3,(H,16,17). The lowest BCUT2D eigenvalue weighted by Gasteiger charge is -2.17. The zero-order chi connectivity index (χ0) is 15.2. The number of benzene rings is 1. The first-order valence-corrected chi connectivity index (χ1v) is 8.38. The zero-order valence-corrected chi connectivity index (χ0v) is 12.7. The van der Waals surface area contributed by atoms with Gasteiger partial charge in [-0.3, -0.25) is 0 Å². The Morgan fingerprint density at radius 3 is 2.50 bits per heavy atom. The van der Waals surface area contributed by atoms with Gasteiger partial charge < -0.3 is 10.0 Å². The molecule has 0 aliphatic heterocycles. The predicted octanol–water partition coefficient (Wildman–Crippen LogP) is 1.29. The quantitative estimate of drug-likeness (QED) is 0.783. The predicted molar refractivity (Wildman–Crippen MR) is 78.9 cm³/mol. The second-order valence-electron chi connectivity index (χ2n) is 4.75. The van der Waals surface area contributed by atoms with Gasteiger partial charge in [-0.1, -0.05) is 25.1 Å². The van der Waals surface area contributed by atoms with Crippen LogP contribution in [0.5, 0.6) is 0 Å². The number of sulfone groups is 1. The fraction of sp³-hybridized carbons (Fsp3) is 0.500. The summed E-state index contributed by atoms with van der Waals surface area (Å²) in [6.45, 7) is 2.73. The molecule has 0 unspecified atom stereocenters. The van der Waals surface area contributed by atoms with E-state index in [-0.39, 0.29) is 11.5 Å². The highest BCUT2D eigenvalue weighted by Gasteiger charge is 2.11. The topological polar surface area (TPSA) is 74.7 Å². The van der Waals surface area contributed by atoms with E-state index >= 15 is 0 Å². The molecule has 5 nitrogen and oxygen atoms in total. The van der Waals surface area contributed by atoms with Gasteiger partial charge in [0.25, 0.3) is 0 Å². The van der Waals surface area contributed by atoms with Gasteiger partial charge in [0, 0.05) is 18.8 Å². The van der Waals surface area contributed by atoms with E-state index in [0.29, 0.717) is 25.1 Å². The Kier molecular flexibility index (Phi) is 6.16. The fourth-order valence-corrected chi connectivity index (χ4v) is 2.69. The minimum atomic E-state index is -2.95. The Balaban J connectivity index is 2.53. The zero-order valence-electron chi connectivity index (χ0n) is 11.9. The number of carbonyl (C=O) groups is 1. The van der Waals surface area contributed by atoms with Crippen molar-refractivity contribution >= 4 is 15.8 Å². The molecule has 1 rings (SSSR count). The van der Waals surface area contributed by atoms with Crippen LogP contribution in [0.2, 0.25) is 0 Å². The maximum absolute atomic E-state index is 11.4. The van der Waals surface area contributed by atoms with E-state index in [1.165, 1.54) is 0 Å². The van der Waals surface area contributed by atoms with Gasteiger partial charge in [0.05, 0.1) is 11.3 Å². The van der Waals surface area contributed by atoms with Crippen molar-refractivity contribution in [3.63, 3.8) is 0 Å². The van der Waals surface area contributed by atoms with Crippen molar-refractivity contribution in [1.29, 1.82) is 0 Å². The second kappa shape index (κ2) is 7.40. The van der Waals surface area contributed by atoms with Gasteiger partial charge in [-0.05, 0) is 25.1 Å². The minimum Gasteiger partial charge on any atom is -0.478 e. The number of carboxylic acid groups (broad SMARTS) is 1. The van der Waals surface area contributed by atoms with Gasteiger partial charge in [-0.25, -0.2) is 13.2 Å². The van der Waals surface area contributed by atoms with Crippen molar-refractivity contribution < 1.29 is 18.3 Å². The highest BCUT2D eigenvalue weighted by atomic mass is 32.2. The molecule has 0 radical (unpaired) electrons. The number of hydrogen-bond donors (Lipinski definition) is 1. The van der Waals surface area contributed by atoms with E-state index in [1.807, 2.05) is 18.0 Å². The largest absolute Gasteiger partial charge is 0.478 e. The molecular formula is C14H21NO4S. The fourth-order valence-electron chi connectivity index (χ4n) is 1.81. The van der Waals surface area contributed by atoms with Crippen molar-refractivity contribution in [1.82, 2.24) is 4.90 Å². The average molecular weight is 299 g/mol. The summed E-state index contributed by atoms with van der Waals surface area (Å²) in [6.07, 6.45) is 0.588. The number of rotatable bonds is 8. The molecule has 0 bridgehead atoms. The molecule has 0 heterocycles. The third-order valence-electron chi connectivity index (χ3n) is 3.23. The molecule has 0 fully saturated rings. The molecule has 1 aromatic carbocycles. The summed E-state index contributed by atoms with van der Waals surface area (Å²) in [5.74, 6) is -0.639. The van der Waals surface area contributed by atoms with Gasteiger partial charge in [-0.2, -0.15) is 0 Å². The monoisotopic (exact) mass is 299 g/mol. The van der Waals surface area contributed by atoms with E-state index < -0.39 is 15.8 Å². The molecule has 0 spiro atoms. The number of likely N-dealkylation sites (N-methyl/N-ethyl adjacent to an activating group) is 1. The van der Waals surface area contributed by atoms with Crippen LogP contribution in [-0.4, -0.2) is 56.0 Å². The second-order valence-corrected chi connectivity index (χ2v) is 7.22. The smallest absolute Gasteiger partial charge is 0.335 e. The van der Waals surface area contributed by atoms with Crippen molar-refractivity contribution in [3.8, 4) is 0 Å². The van der Waals surface area contributed by atoms with Crippen molar-refractivity contribution in [2.45, 2.75) is 13.3 Å². The number of hydrogen-bond acceptors (Lipinski definition) is 4. The molecule has 112 valence electrons. The van der Waals surface area contributed by atoms with E-state index in [0.717, 1.165) is 5.56 Å². The van der Waals surface area contributed by atoms with Crippen LogP contribution in [-0.2, 0) is 16.3 Å². The SMILES string of the molecule is CCS(=O)(=O)CCN(C)CCc1ccccc1C(=O)O. The molecule has 1 aromatic rings. The van der Waals surface area contributed by atoms with E-state index in [1.54, 1.807) is 25.1 Å². The molecule has 0 aromatic heterocycles. The minimum absolute atomic E-state index is 0.139. The van der Waals surface area contributed by atoms with Crippen LogP contribution in [0.3, 0.4) is 0 Å². The Labute approximate surface area is 120 Å². The molecule has 0 atom stereocenters. The van der Waals surface area contributed by atoms with Gasteiger partial charge in [0.1, 0.15) is 0 Å². The van der Waals surface area contributed by atoms with E-state index in [2.05, 4.69) is 0 Å². The summed E-state index contributed by atoms with van der Waals surface area (Å²) in [6, 6.07) is 6.88. The molecule has 6 heteroatoms. The molecule has 1 N–H and O–H groups in total. The lowest BCUT2D eigenvalue weighted by molar-refractivity contribution is 0.0695. The van der Waals surface area contributed by atoms with Gasteiger partial charge >= 0.3 is 5.97 Å². The normalized spacial score (nSPS) is 11.8. The molecule has 0 aliphatic carbocycles. The van der Waals surface area contributed by atoms with E-state index in [9.17, 15) is 13.2 Å². The lowest BCUT2D eigenvalue weighted by Crippen LogP contribution is -2.28. The maximum atomic E-state index is 11.4. The lowest BCUT2D eigenvalue weighted by atomic mass is 10.0. The molecule has 0 amide bonds. The van der Waals surface area contributed by atoms with Crippen molar-refractivity contribution in [2.75, 3.05) is 31.6 Å². The molecule has 0 aliphatic rings. The van der Waals surface area contributed by atoms with Crippen LogP contribution in [0.4, 0.5) is 0 Å². The van der Waals surface area contributed by atoms with Crippen LogP contribution in [0.25, 0.3) is 0 Å². The Hall–Kier alpha value is -1.40. The highest BCUT2D eigenvalue weighted by molar-refractivity contribution is 7.91. The Morgan fingerprint density at radius 2 is 1.90 bits per heavy atom. The van der Waals surface area contributed by atoms with Gasteiger partial charge in [0.2, 0.25) is 0 Å². The van der Waals surface area contributed by atoms with Crippen LogP contribution in [0, 0.1) is 0 Å². The molecule has 0 saturated heterocycles. The van der Waals surface area contributed by atoms with Crippen LogP contribution in [0.1, 0.15) is 22.8 Å². The van der Waals surface area contributed by atoms with E-state index in [4.69, 9.17) is 5.11 Å². The first kappa shape index (κ1) is 16.7. The highest BCUT2D eigenvalue weighted by Crippen LogP contribution is 2.10. The third kappa shape index (κ3) is 5.30. The van der Waals surface area contributed by atoms with Gasteiger partial charge in [-0.15, -0.1) is 0 Å². The molecule has 20 heavy (non-hydrogen) atoms. The molecular weight excluding hydrogens is 278 g/mol. The van der Waals surface area contributed by atoms with Crippen molar-refractivity contribution in [3.05, 3.63) is 35.4 Å².